The van der Waals surface area contributed by atoms with Crippen molar-refractivity contribution >= 4 is 23.7 Å². The highest BCUT2D eigenvalue weighted by Crippen LogP contribution is 2.37. The van der Waals surface area contributed by atoms with E-state index in [1.165, 1.54) is 0 Å². The summed E-state index contributed by atoms with van der Waals surface area (Å²) >= 11 is 1.57. The Labute approximate surface area is 137 Å². The largest absolute Gasteiger partial charge is 0.507 e. The molecule has 0 saturated carbocycles. The van der Waals surface area contributed by atoms with E-state index in [0.717, 1.165) is 34.4 Å². The molecule has 1 fully saturated rings. The molecule has 3 nitrogen and oxygen atoms in total. The number of phenols is 1. The second-order valence-corrected chi connectivity index (χ2v) is 7.85. The maximum Gasteiger partial charge on any atom is 0.260 e. The van der Waals surface area contributed by atoms with E-state index in [1.807, 2.05) is 25.3 Å². The predicted octanol–water partition coefficient (Wildman–Crippen LogP) is 4.15. The molecule has 0 aliphatic carbocycles. The van der Waals surface area contributed by atoms with Crippen molar-refractivity contribution < 1.29 is 9.90 Å². The van der Waals surface area contributed by atoms with Crippen molar-refractivity contribution in [3.8, 4) is 5.75 Å². The standard InChI is InChI=1S/C18H25NO2S/c1-6-7-13-8-12(9-14(16(13)20)18(2,3)4)10-15-17(21)19(5)11-22-15/h8-10,20H,6-7,11H2,1-5H3. The lowest BCUT2D eigenvalue weighted by Gasteiger charge is -2.23. The quantitative estimate of drug-likeness (QED) is 0.851. The van der Waals surface area contributed by atoms with E-state index in [2.05, 4.69) is 27.7 Å². The monoisotopic (exact) mass is 319 g/mol. The summed E-state index contributed by atoms with van der Waals surface area (Å²) in [7, 11) is 1.82. The molecule has 0 aromatic heterocycles. The van der Waals surface area contributed by atoms with Crippen molar-refractivity contribution in [3.05, 3.63) is 33.7 Å². The summed E-state index contributed by atoms with van der Waals surface area (Å²) in [4.78, 5) is 14.5. The first kappa shape index (κ1) is 16.9. The molecule has 1 aromatic rings. The van der Waals surface area contributed by atoms with Gasteiger partial charge in [0.1, 0.15) is 5.75 Å². The fraction of sp³-hybridized carbons (Fsp3) is 0.500. The molecule has 0 bridgehead atoms. The van der Waals surface area contributed by atoms with Gasteiger partial charge in [-0.2, -0.15) is 0 Å². The summed E-state index contributed by atoms with van der Waals surface area (Å²) in [5.41, 5.74) is 2.77. The molecule has 1 heterocycles. The van der Waals surface area contributed by atoms with E-state index in [4.69, 9.17) is 0 Å². The van der Waals surface area contributed by atoms with Crippen LogP contribution >= 0.6 is 11.8 Å². The number of thioether (sulfide) groups is 1. The third kappa shape index (κ3) is 3.49. The minimum atomic E-state index is -0.134. The number of aromatic hydroxyl groups is 1. The fourth-order valence-electron chi connectivity index (χ4n) is 2.56. The number of benzene rings is 1. The van der Waals surface area contributed by atoms with Gasteiger partial charge in [-0.05, 0) is 41.2 Å². The van der Waals surface area contributed by atoms with Gasteiger partial charge in [-0.15, -0.1) is 0 Å². The molecule has 22 heavy (non-hydrogen) atoms. The van der Waals surface area contributed by atoms with E-state index in [-0.39, 0.29) is 11.3 Å². The zero-order valence-electron chi connectivity index (χ0n) is 14.1. The van der Waals surface area contributed by atoms with Crippen LogP contribution in [0.4, 0.5) is 0 Å². The number of phenolic OH excluding ortho intramolecular Hbond substituents is 1. The Morgan fingerprint density at radius 2 is 2.05 bits per heavy atom. The number of rotatable bonds is 3. The molecule has 1 saturated heterocycles. The summed E-state index contributed by atoms with van der Waals surface area (Å²) < 4.78 is 0. The van der Waals surface area contributed by atoms with E-state index in [9.17, 15) is 9.90 Å². The van der Waals surface area contributed by atoms with E-state index in [1.54, 1.807) is 16.7 Å². The molecule has 0 unspecified atom stereocenters. The van der Waals surface area contributed by atoms with Crippen molar-refractivity contribution in [2.24, 2.45) is 0 Å². The number of carbonyl (C=O) groups is 1. The Kier molecular flexibility index (Phi) is 4.90. The molecular formula is C18H25NO2S. The van der Waals surface area contributed by atoms with Gasteiger partial charge in [0.05, 0.1) is 10.8 Å². The fourth-order valence-corrected chi connectivity index (χ4v) is 3.51. The van der Waals surface area contributed by atoms with Gasteiger partial charge in [0.2, 0.25) is 0 Å². The molecule has 0 atom stereocenters. The van der Waals surface area contributed by atoms with Gasteiger partial charge < -0.3 is 10.0 Å². The third-order valence-electron chi connectivity index (χ3n) is 3.81. The van der Waals surface area contributed by atoms with Gasteiger partial charge in [0, 0.05) is 12.6 Å². The van der Waals surface area contributed by atoms with Gasteiger partial charge >= 0.3 is 0 Å². The Bertz CT molecular complexity index is 614. The number of carbonyl (C=O) groups excluding carboxylic acids is 1. The number of hydrogen-bond acceptors (Lipinski definition) is 3. The number of aryl methyl sites for hydroxylation is 1. The first-order valence-corrected chi connectivity index (χ1v) is 8.69. The lowest BCUT2D eigenvalue weighted by molar-refractivity contribution is -0.123. The smallest absolute Gasteiger partial charge is 0.260 e. The normalized spacial score (nSPS) is 17.6. The van der Waals surface area contributed by atoms with Crippen LogP contribution in [-0.2, 0) is 16.6 Å². The lowest BCUT2D eigenvalue weighted by Crippen LogP contribution is -2.18. The van der Waals surface area contributed by atoms with Gasteiger partial charge in [-0.1, -0.05) is 45.9 Å². The Morgan fingerprint density at radius 1 is 1.36 bits per heavy atom. The van der Waals surface area contributed by atoms with Crippen molar-refractivity contribution in [2.75, 3.05) is 12.9 Å². The zero-order chi connectivity index (χ0) is 16.5. The van der Waals surface area contributed by atoms with E-state index in [0.29, 0.717) is 11.6 Å². The molecule has 4 heteroatoms. The highest BCUT2D eigenvalue weighted by Gasteiger charge is 2.24. The summed E-state index contributed by atoms with van der Waals surface area (Å²) in [6.07, 6.45) is 3.77. The molecule has 1 aromatic carbocycles. The highest BCUT2D eigenvalue weighted by molar-refractivity contribution is 8.04. The van der Waals surface area contributed by atoms with Crippen molar-refractivity contribution in [1.29, 1.82) is 0 Å². The topological polar surface area (TPSA) is 40.5 Å². The summed E-state index contributed by atoms with van der Waals surface area (Å²) in [5.74, 6) is 1.18. The Hall–Kier alpha value is -1.42. The van der Waals surface area contributed by atoms with Crippen LogP contribution in [-0.4, -0.2) is 28.8 Å². The minimum absolute atomic E-state index is 0.0763. The molecule has 2 rings (SSSR count). The van der Waals surface area contributed by atoms with Crippen LogP contribution in [0.3, 0.4) is 0 Å². The molecule has 1 aliphatic rings. The van der Waals surface area contributed by atoms with Crippen LogP contribution < -0.4 is 0 Å². The molecule has 120 valence electrons. The average molecular weight is 319 g/mol. The van der Waals surface area contributed by atoms with Gasteiger partial charge in [-0.3, -0.25) is 4.79 Å². The average Bonchev–Trinajstić information content (AvgIpc) is 2.73. The van der Waals surface area contributed by atoms with Crippen molar-refractivity contribution in [1.82, 2.24) is 4.90 Å². The first-order chi connectivity index (χ1) is 10.2. The van der Waals surface area contributed by atoms with Crippen LogP contribution in [0.15, 0.2) is 17.0 Å². The van der Waals surface area contributed by atoms with Crippen molar-refractivity contribution in [2.45, 2.75) is 46.0 Å². The van der Waals surface area contributed by atoms with Gasteiger partial charge in [0.25, 0.3) is 5.91 Å². The Morgan fingerprint density at radius 3 is 2.55 bits per heavy atom. The van der Waals surface area contributed by atoms with Gasteiger partial charge in [0.15, 0.2) is 0 Å². The molecule has 0 spiro atoms. The lowest BCUT2D eigenvalue weighted by atomic mass is 9.83. The van der Waals surface area contributed by atoms with Crippen LogP contribution in [0.2, 0.25) is 0 Å². The van der Waals surface area contributed by atoms with E-state index < -0.39 is 0 Å². The summed E-state index contributed by atoms with van der Waals surface area (Å²) in [5, 5.41) is 10.5. The second-order valence-electron chi connectivity index (χ2n) is 6.86. The van der Waals surface area contributed by atoms with Crippen molar-refractivity contribution in [3.63, 3.8) is 0 Å². The number of amides is 1. The molecular weight excluding hydrogens is 294 g/mol. The van der Waals surface area contributed by atoms with Crippen LogP contribution in [0.25, 0.3) is 6.08 Å². The summed E-state index contributed by atoms with van der Waals surface area (Å²) in [6, 6.07) is 4.01. The predicted molar refractivity (Wildman–Crippen MR) is 94.0 cm³/mol. The maximum atomic E-state index is 12.1. The number of likely N-dealkylation sites (N-methyl/N-ethyl adjacent to an activating group) is 1. The first-order valence-electron chi connectivity index (χ1n) is 7.70. The van der Waals surface area contributed by atoms with Crippen LogP contribution in [0.5, 0.6) is 5.75 Å². The maximum absolute atomic E-state index is 12.1. The van der Waals surface area contributed by atoms with Crippen LogP contribution in [0, 0.1) is 0 Å². The minimum Gasteiger partial charge on any atom is -0.507 e. The number of hydrogen-bond donors (Lipinski definition) is 1. The highest BCUT2D eigenvalue weighted by atomic mass is 32.2. The molecule has 0 radical (unpaired) electrons. The third-order valence-corrected chi connectivity index (χ3v) is 4.93. The SMILES string of the molecule is CCCc1cc(C=C2SCN(C)C2=O)cc(C(C)(C)C)c1O. The van der Waals surface area contributed by atoms with E-state index >= 15 is 0 Å². The summed E-state index contributed by atoms with van der Waals surface area (Å²) in [6.45, 7) is 8.39. The molecule has 1 N–H and O–H groups in total. The van der Waals surface area contributed by atoms with Gasteiger partial charge in [-0.25, -0.2) is 0 Å². The molecule has 1 amide bonds. The van der Waals surface area contributed by atoms with Crippen LogP contribution in [0.1, 0.15) is 50.8 Å². The molecule has 1 aliphatic heterocycles. The number of nitrogens with zero attached hydrogens (tertiary/aromatic N) is 1. The second kappa shape index (κ2) is 6.37. The Balaban J connectivity index is 2.50. The zero-order valence-corrected chi connectivity index (χ0v) is 14.9.